The predicted molar refractivity (Wildman–Crippen MR) is 74.7 cm³/mol. The molecule has 1 aliphatic rings. The third kappa shape index (κ3) is 3.08. The second-order valence-electron chi connectivity index (χ2n) is 4.36. The largest absolute Gasteiger partial charge is 0.482 e. The first-order valence-electron chi connectivity index (χ1n) is 6.27. The SMILES string of the molecule is CCOCCN(C)c1cc2c(cc1N)OCC(=O)N2. The van der Waals surface area contributed by atoms with Crippen molar-refractivity contribution in [1.29, 1.82) is 0 Å². The van der Waals surface area contributed by atoms with Gasteiger partial charge in [-0.15, -0.1) is 0 Å². The van der Waals surface area contributed by atoms with Gasteiger partial charge < -0.3 is 25.4 Å². The lowest BCUT2D eigenvalue weighted by Gasteiger charge is -2.25. The summed E-state index contributed by atoms with van der Waals surface area (Å²) < 4.78 is 10.6. The Bertz CT molecular complexity index is 476. The minimum Gasteiger partial charge on any atom is -0.482 e. The molecule has 0 saturated heterocycles. The fraction of sp³-hybridized carbons (Fsp3) is 0.462. The quantitative estimate of drug-likeness (QED) is 0.615. The van der Waals surface area contributed by atoms with Gasteiger partial charge >= 0.3 is 0 Å². The second-order valence-corrected chi connectivity index (χ2v) is 4.36. The van der Waals surface area contributed by atoms with Crippen LogP contribution >= 0.6 is 0 Å². The van der Waals surface area contributed by atoms with Crippen LogP contribution in [0.15, 0.2) is 12.1 Å². The number of nitrogens with two attached hydrogens (primary N) is 1. The van der Waals surface area contributed by atoms with Crippen molar-refractivity contribution in [3.63, 3.8) is 0 Å². The molecular formula is C13H19N3O3. The zero-order valence-corrected chi connectivity index (χ0v) is 11.2. The number of nitrogens with zero attached hydrogens (tertiary/aromatic N) is 1. The van der Waals surface area contributed by atoms with E-state index in [0.29, 0.717) is 30.3 Å². The first-order chi connectivity index (χ1) is 9.11. The van der Waals surface area contributed by atoms with E-state index in [4.69, 9.17) is 15.2 Å². The zero-order valence-electron chi connectivity index (χ0n) is 11.2. The molecule has 1 heterocycles. The molecule has 0 radical (unpaired) electrons. The van der Waals surface area contributed by atoms with E-state index < -0.39 is 0 Å². The van der Waals surface area contributed by atoms with Gasteiger partial charge in [0.15, 0.2) is 6.61 Å². The number of ether oxygens (including phenoxy) is 2. The fourth-order valence-corrected chi connectivity index (χ4v) is 1.93. The van der Waals surface area contributed by atoms with Gasteiger partial charge in [-0.05, 0) is 13.0 Å². The summed E-state index contributed by atoms with van der Waals surface area (Å²) in [6.45, 7) is 4.04. The maximum Gasteiger partial charge on any atom is 0.262 e. The summed E-state index contributed by atoms with van der Waals surface area (Å²) >= 11 is 0. The molecule has 0 bridgehead atoms. The van der Waals surface area contributed by atoms with Gasteiger partial charge in [0.25, 0.3) is 5.91 Å². The lowest BCUT2D eigenvalue weighted by atomic mass is 10.2. The molecule has 19 heavy (non-hydrogen) atoms. The van der Waals surface area contributed by atoms with E-state index in [2.05, 4.69) is 5.32 Å². The van der Waals surface area contributed by atoms with Gasteiger partial charge in [0.2, 0.25) is 0 Å². The number of benzene rings is 1. The Morgan fingerprint density at radius 1 is 1.53 bits per heavy atom. The summed E-state index contributed by atoms with van der Waals surface area (Å²) in [5, 5.41) is 2.77. The highest BCUT2D eigenvalue weighted by atomic mass is 16.5. The van der Waals surface area contributed by atoms with Gasteiger partial charge in [-0.1, -0.05) is 0 Å². The smallest absolute Gasteiger partial charge is 0.262 e. The lowest BCUT2D eigenvalue weighted by molar-refractivity contribution is -0.118. The number of rotatable bonds is 5. The molecule has 0 aromatic heterocycles. The molecule has 2 rings (SSSR count). The van der Waals surface area contributed by atoms with Gasteiger partial charge in [0, 0.05) is 26.3 Å². The molecule has 0 fully saturated rings. The molecule has 1 aliphatic heterocycles. The van der Waals surface area contributed by atoms with Crippen molar-refractivity contribution in [3.05, 3.63) is 12.1 Å². The molecule has 104 valence electrons. The van der Waals surface area contributed by atoms with Crippen LogP contribution < -0.4 is 20.7 Å². The molecule has 0 unspecified atom stereocenters. The molecule has 0 spiro atoms. The van der Waals surface area contributed by atoms with Gasteiger partial charge in [0.1, 0.15) is 5.75 Å². The summed E-state index contributed by atoms with van der Waals surface area (Å²) in [4.78, 5) is 13.3. The summed E-state index contributed by atoms with van der Waals surface area (Å²) in [7, 11) is 1.93. The first kappa shape index (κ1) is 13.5. The Labute approximate surface area is 112 Å². The standard InChI is InChI=1S/C13H19N3O3/c1-3-18-5-4-16(2)11-7-10-12(6-9(11)14)19-8-13(17)15-10/h6-7H,3-5,8,14H2,1-2H3,(H,15,17). The van der Waals surface area contributed by atoms with E-state index in [1.165, 1.54) is 0 Å². The van der Waals surface area contributed by atoms with E-state index in [-0.39, 0.29) is 12.5 Å². The minimum atomic E-state index is -0.153. The summed E-state index contributed by atoms with van der Waals surface area (Å²) in [5.74, 6) is 0.458. The van der Waals surface area contributed by atoms with E-state index in [9.17, 15) is 4.79 Å². The summed E-state index contributed by atoms with van der Waals surface area (Å²) in [6, 6.07) is 3.56. The highest BCUT2D eigenvalue weighted by Crippen LogP contribution is 2.36. The van der Waals surface area contributed by atoms with Crippen LogP contribution in [0.4, 0.5) is 17.1 Å². The van der Waals surface area contributed by atoms with Crippen LogP contribution in [0.3, 0.4) is 0 Å². The van der Waals surface area contributed by atoms with Crippen molar-refractivity contribution in [2.45, 2.75) is 6.92 Å². The minimum absolute atomic E-state index is 0.0337. The van der Waals surface area contributed by atoms with Gasteiger partial charge in [-0.2, -0.15) is 0 Å². The maximum absolute atomic E-state index is 11.3. The predicted octanol–water partition coefficient (Wildman–Crippen LogP) is 1.07. The third-order valence-corrected chi connectivity index (χ3v) is 2.95. The topological polar surface area (TPSA) is 76.8 Å². The number of nitrogen functional groups attached to an aromatic ring is 1. The molecule has 6 heteroatoms. The van der Waals surface area contributed by atoms with Crippen molar-refractivity contribution in [2.75, 3.05) is 49.4 Å². The van der Waals surface area contributed by atoms with Gasteiger partial charge in [0.05, 0.1) is 23.7 Å². The van der Waals surface area contributed by atoms with Crippen molar-refractivity contribution in [1.82, 2.24) is 0 Å². The number of anilines is 3. The lowest BCUT2D eigenvalue weighted by Crippen LogP contribution is -2.27. The van der Waals surface area contributed by atoms with E-state index in [1.807, 2.05) is 24.9 Å². The normalized spacial score (nSPS) is 13.5. The molecular weight excluding hydrogens is 246 g/mol. The molecule has 0 saturated carbocycles. The van der Waals surface area contributed by atoms with Crippen molar-refractivity contribution in [2.24, 2.45) is 0 Å². The van der Waals surface area contributed by atoms with Crippen LogP contribution in [0.2, 0.25) is 0 Å². The molecule has 0 atom stereocenters. The Balaban J connectivity index is 2.16. The number of hydrogen-bond donors (Lipinski definition) is 2. The number of hydrogen-bond acceptors (Lipinski definition) is 5. The number of nitrogens with one attached hydrogen (secondary N) is 1. The van der Waals surface area contributed by atoms with Crippen LogP contribution in [-0.2, 0) is 9.53 Å². The number of amides is 1. The van der Waals surface area contributed by atoms with Crippen LogP contribution in [0.1, 0.15) is 6.92 Å². The Morgan fingerprint density at radius 2 is 2.32 bits per heavy atom. The van der Waals surface area contributed by atoms with Crippen LogP contribution in [0.5, 0.6) is 5.75 Å². The van der Waals surface area contributed by atoms with Gasteiger partial charge in [-0.3, -0.25) is 4.79 Å². The average Bonchev–Trinajstić information content (AvgIpc) is 2.38. The zero-order chi connectivity index (χ0) is 13.8. The summed E-state index contributed by atoms with van der Waals surface area (Å²) in [6.07, 6.45) is 0. The Kier molecular flexibility index (Phi) is 4.11. The van der Waals surface area contributed by atoms with E-state index in [0.717, 1.165) is 12.2 Å². The molecule has 1 amide bonds. The Hall–Kier alpha value is -1.95. The van der Waals surface area contributed by atoms with Crippen LogP contribution in [0.25, 0.3) is 0 Å². The monoisotopic (exact) mass is 265 g/mol. The number of carbonyl (C=O) groups is 1. The maximum atomic E-state index is 11.3. The Morgan fingerprint density at radius 3 is 3.05 bits per heavy atom. The fourth-order valence-electron chi connectivity index (χ4n) is 1.93. The van der Waals surface area contributed by atoms with Crippen LogP contribution in [-0.4, -0.2) is 39.3 Å². The second kappa shape index (κ2) is 5.79. The highest BCUT2D eigenvalue weighted by Gasteiger charge is 2.19. The number of fused-ring (bicyclic) bond motifs is 1. The van der Waals surface area contributed by atoms with Crippen molar-refractivity contribution < 1.29 is 14.3 Å². The average molecular weight is 265 g/mol. The van der Waals surface area contributed by atoms with Crippen LogP contribution in [0, 0.1) is 0 Å². The molecule has 1 aromatic carbocycles. The first-order valence-corrected chi connectivity index (χ1v) is 6.27. The summed E-state index contributed by atoms with van der Waals surface area (Å²) in [5.41, 5.74) is 8.14. The van der Waals surface area contributed by atoms with Crippen molar-refractivity contribution in [3.8, 4) is 5.75 Å². The molecule has 3 N–H and O–H groups in total. The highest BCUT2D eigenvalue weighted by molar-refractivity contribution is 5.97. The van der Waals surface area contributed by atoms with E-state index in [1.54, 1.807) is 6.07 Å². The molecule has 1 aromatic rings. The number of likely N-dealkylation sites (N-methyl/N-ethyl adjacent to an activating group) is 1. The van der Waals surface area contributed by atoms with Gasteiger partial charge in [-0.25, -0.2) is 0 Å². The number of carbonyl (C=O) groups excluding carboxylic acids is 1. The third-order valence-electron chi connectivity index (χ3n) is 2.95. The molecule has 0 aliphatic carbocycles. The molecule has 6 nitrogen and oxygen atoms in total. The van der Waals surface area contributed by atoms with Crippen molar-refractivity contribution >= 4 is 23.0 Å². The van der Waals surface area contributed by atoms with E-state index >= 15 is 0 Å².